The van der Waals surface area contributed by atoms with Gasteiger partial charge in [0.1, 0.15) is 6.54 Å². The van der Waals surface area contributed by atoms with Crippen LogP contribution in [0, 0.1) is 0 Å². The van der Waals surface area contributed by atoms with E-state index in [4.69, 9.17) is 5.11 Å². The molecule has 26 heavy (non-hydrogen) atoms. The fourth-order valence-corrected chi connectivity index (χ4v) is 2.13. The maximum Gasteiger partial charge on any atom is 0.338 e. The first-order valence-corrected chi connectivity index (χ1v) is 7.51. The molecule has 3 N–H and O–H groups in total. The predicted molar refractivity (Wildman–Crippen MR) is 92.1 cm³/mol. The summed E-state index contributed by atoms with van der Waals surface area (Å²) in [5.74, 6) is -2.82. The number of carbonyl (C=O) groups is 4. The van der Waals surface area contributed by atoms with Gasteiger partial charge in [-0.25, -0.2) is 4.79 Å². The third-order valence-electron chi connectivity index (χ3n) is 3.38. The normalized spacial score (nSPS) is 9.88. The minimum atomic E-state index is -1.15. The van der Waals surface area contributed by atoms with Gasteiger partial charge in [-0.1, -0.05) is 12.1 Å². The van der Waals surface area contributed by atoms with Gasteiger partial charge >= 0.3 is 11.9 Å². The second kappa shape index (κ2) is 8.43. The summed E-state index contributed by atoms with van der Waals surface area (Å²) in [6, 6.07) is 12.1. The number of methoxy groups -OCH3 is 1. The Hall–Kier alpha value is -3.68. The molecule has 0 saturated carbocycles. The van der Waals surface area contributed by atoms with E-state index in [1.165, 1.54) is 43.5 Å². The zero-order valence-electron chi connectivity index (χ0n) is 13.8. The fraction of sp³-hybridized carbons (Fsp3) is 0.111. The molecule has 8 heteroatoms. The van der Waals surface area contributed by atoms with Gasteiger partial charge in [-0.2, -0.15) is 0 Å². The Balaban J connectivity index is 2.10. The molecule has 134 valence electrons. The van der Waals surface area contributed by atoms with Gasteiger partial charge in [0.2, 0.25) is 0 Å². The van der Waals surface area contributed by atoms with Crippen molar-refractivity contribution in [2.24, 2.45) is 0 Å². The van der Waals surface area contributed by atoms with Crippen molar-refractivity contribution in [3.63, 3.8) is 0 Å². The number of amides is 2. The molecule has 0 heterocycles. The molecule has 0 aliphatic heterocycles. The van der Waals surface area contributed by atoms with Crippen LogP contribution in [0.1, 0.15) is 31.1 Å². The van der Waals surface area contributed by atoms with Crippen molar-refractivity contribution < 1.29 is 29.0 Å². The molecule has 2 rings (SSSR count). The minimum absolute atomic E-state index is 0.136. The number of aliphatic carboxylic acids is 1. The third-order valence-corrected chi connectivity index (χ3v) is 3.38. The van der Waals surface area contributed by atoms with E-state index >= 15 is 0 Å². The van der Waals surface area contributed by atoms with Crippen LogP contribution in [0.15, 0.2) is 48.5 Å². The minimum Gasteiger partial charge on any atom is -0.480 e. The van der Waals surface area contributed by atoms with Crippen LogP contribution in [0.2, 0.25) is 0 Å². The first kappa shape index (κ1) is 18.7. The highest BCUT2D eigenvalue weighted by Gasteiger charge is 2.17. The van der Waals surface area contributed by atoms with E-state index < -0.39 is 30.3 Å². The lowest BCUT2D eigenvalue weighted by molar-refractivity contribution is -0.135. The van der Waals surface area contributed by atoms with Crippen LogP contribution in [0.5, 0.6) is 0 Å². The molecule has 0 atom stereocenters. The average molecular weight is 356 g/mol. The Bertz CT molecular complexity index is 845. The number of anilines is 1. The van der Waals surface area contributed by atoms with E-state index in [9.17, 15) is 19.2 Å². The first-order valence-electron chi connectivity index (χ1n) is 7.51. The van der Waals surface area contributed by atoms with Gasteiger partial charge < -0.3 is 20.5 Å². The summed E-state index contributed by atoms with van der Waals surface area (Å²) in [5.41, 5.74) is 0.948. The van der Waals surface area contributed by atoms with E-state index in [0.29, 0.717) is 5.69 Å². The Morgan fingerprint density at radius 3 is 2.12 bits per heavy atom. The molecule has 0 radical (unpaired) electrons. The molecule has 8 nitrogen and oxygen atoms in total. The van der Waals surface area contributed by atoms with Crippen LogP contribution in [0.25, 0.3) is 0 Å². The molecule has 0 saturated heterocycles. The highest BCUT2D eigenvalue weighted by Crippen LogP contribution is 2.15. The fourth-order valence-electron chi connectivity index (χ4n) is 2.13. The van der Waals surface area contributed by atoms with Crippen LogP contribution < -0.4 is 10.6 Å². The topological polar surface area (TPSA) is 122 Å². The highest BCUT2D eigenvalue weighted by molar-refractivity contribution is 6.11. The van der Waals surface area contributed by atoms with Crippen molar-refractivity contribution in [2.75, 3.05) is 19.0 Å². The lowest BCUT2D eigenvalue weighted by Gasteiger charge is -2.09. The molecule has 0 aromatic heterocycles. The van der Waals surface area contributed by atoms with Crippen molar-refractivity contribution in [1.82, 2.24) is 5.32 Å². The van der Waals surface area contributed by atoms with Crippen molar-refractivity contribution >= 4 is 29.4 Å². The SMILES string of the molecule is COC(=O)c1ccccc1C(=O)Nc1ccc(C(=O)NCC(=O)O)cc1. The van der Waals surface area contributed by atoms with Crippen molar-refractivity contribution in [3.05, 3.63) is 65.2 Å². The molecule has 0 bridgehead atoms. The number of rotatable bonds is 6. The zero-order valence-corrected chi connectivity index (χ0v) is 13.8. The first-order chi connectivity index (χ1) is 12.4. The Kier molecular flexibility index (Phi) is 6.05. The van der Waals surface area contributed by atoms with Gasteiger partial charge in [0.25, 0.3) is 11.8 Å². The summed E-state index contributed by atoms with van der Waals surface area (Å²) in [5, 5.41) is 13.4. The molecule has 2 amide bonds. The monoisotopic (exact) mass is 356 g/mol. The van der Waals surface area contributed by atoms with Gasteiger partial charge in [0.05, 0.1) is 18.2 Å². The number of carboxylic acid groups (broad SMARTS) is 1. The van der Waals surface area contributed by atoms with Gasteiger partial charge in [-0.05, 0) is 36.4 Å². The van der Waals surface area contributed by atoms with Gasteiger partial charge in [0, 0.05) is 11.3 Å². The van der Waals surface area contributed by atoms with Crippen LogP contribution in [0.4, 0.5) is 5.69 Å². The summed E-state index contributed by atoms with van der Waals surface area (Å²) in [6.45, 7) is -0.484. The average Bonchev–Trinajstić information content (AvgIpc) is 2.66. The van der Waals surface area contributed by atoms with Gasteiger partial charge in [-0.3, -0.25) is 14.4 Å². The number of hydrogen-bond acceptors (Lipinski definition) is 5. The molecule has 0 unspecified atom stereocenters. The van der Waals surface area contributed by atoms with Gasteiger partial charge in [0.15, 0.2) is 0 Å². The third kappa shape index (κ3) is 4.67. The Morgan fingerprint density at radius 2 is 1.54 bits per heavy atom. The van der Waals surface area contributed by atoms with Crippen molar-refractivity contribution in [1.29, 1.82) is 0 Å². The largest absolute Gasteiger partial charge is 0.480 e. The quantitative estimate of drug-likeness (QED) is 0.675. The van der Waals surface area contributed by atoms with E-state index in [-0.39, 0.29) is 16.7 Å². The molecule has 0 aliphatic rings. The van der Waals surface area contributed by atoms with E-state index in [2.05, 4.69) is 15.4 Å². The maximum absolute atomic E-state index is 12.4. The Morgan fingerprint density at radius 1 is 0.923 bits per heavy atom. The zero-order chi connectivity index (χ0) is 19.1. The van der Waals surface area contributed by atoms with Gasteiger partial charge in [-0.15, -0.1) is 0 Å². The smallest absolute Gasteiger partial charge is 0.338 e. The summed E-state index contributed by atoms with van der Waals surface area (Å²) in [4.78, 5) is 46.3. The van der Waals surface area contributed by atoms with Crippen LogP contribution in [0.3, 0.4) is 0 Å². The standard InChI is InChI=1S/C18H16N2O6/c1-26-18(25)14-5-3-2-4-13(14)17(24)20-12-8-6-11(7-9-12)16(23)19-10-15(21)22/h2-9H,10H2,1H3,(H,19,23)(H,20,24)(H,21,22). The number of hydrogen-bond donors (Lipinski definition) is 3. The van der Waals surface area contributed by atoms with Crippen LogP contribution in [-0.4, -0.2) is 42.5 Å². The second-order valence-electron chi connectivity index (χ2n) is 5.15. The molecule has 0 fully saturated rings. The molecular weight excluding hydrogens is 340 g/mol. The van der Waals surface area contributed by atoms with Crippen LogP contribution in [-0.2, 0) is 9.53 Å². The molecule has 2 aromatic carbocycles. The van der Waals surface area contributed by atoms with Crippen molar-refractivity contribution in [2.45, 2.75) is 0 Å². The van der Waals surface area contributed by atoms with Crippen molar-refractivity contribution in [3.8, 4) is 0 Å². The lowest BCUT2D eigenvalue weighted by atomic mass is 10.1. The number of nitrogens with one attached hydrogen (secondary N) is 2. The van der Waals surface area contributed by atoms with Crippen LogP contribution >= 0.6 is 0 Å². The molecule has 0 aliphatic carbocycles. The summed E-state index contributed by atoms with van der Waals surface area (Å²) in [7, 11) is 1.23. The molecular formula is C18H16N2O6. The predicted octanol–water partition coefficient (Wildman–Crippen LogP) is 1.54. The number of benzene rings is 2. The Labute approximate surface area is 148 Å². The highest BCUT2D eigenvalue weighted by atomic mass is 16.5. The number of carboxylic acids is 1. The number of carbonyl (C=O) groups excluding carboxylic acids is 3. The lowest BCUT2D eigenvalue weighted by Crippen LogP contribution is -2.29. The second-order valence-corrected chi connectivity index (χ2v) is 5.15. The van der Waals surface area contributed by atoms with E-state index in [0.717, 1.165) is 0 Å². The number of ether oxygens (including phenoxy) is 1. The summed E-state index contributed by atoms with van der Waals surface area (Å²) < 4.78 is 4.65. The summed E-state index contributed by atoms with van der Waals surface area (Å²) in [6.07, 6.45) is 0. The number of esters is 1. The maximum atomic E-state index is 12.4. The summed E-state index contributed by atoms with van der Waals surface area (Å²) >= 11 is 0. The molecule has 0 spiro atoms. The van der Waals surface area contributed by atoms with E-state index in [1.807, 2.05) is 0 Å². The van der Waals surface area contributed by atoms with E-state index in [1.54, 1.807) is 12.1 Å². The molecule has 2 aromatic rings.